The normalized spacial score (nSPS) is 18.7. The molecule has 0 spiro atoms. The van der Waals surface area contributed by atoms with E-state index in [0.717, 1.165) is 18.4 Å². The van der Waals surface area contributed by atoms with Gasteiger partial charge in [0.25, 0.3) is 0 Å². The van der Waals surface area contributed by atoms with Crippen LogP contribution < -0.4 is 14.2 Å². The van der Waals surface area contributed by atoms with Crippen molar-refractivity contribution < 1.29 is 33.2 Å². The third-order valence-electron chi connectivity index (χ3n) is 7.75. The van der Waals surface area contributed by atoms with Gasteiger partial charge in [-0.25, -0.2) is 14.4 Å². The molecule has 5 rings (SSSR count). The zero-order valence-corrected chi connectivity index (χ0v) is 24.9. The molecular formula is C33H39FN2O6. The molecule has 0 radical (unpaired) electrons. The van der Waals surface area contributed by atoms with Crippen molar-refractivity contribution in [3.05, 3.63) is 65.7 Å². The Bertz CT molecular complexity index is 1420. The van der Waals surface area contributed by atoms with Gasteiger partial charge in [0, 0.05) is 18.4 Å². The van der Waals surface area contributed by atoms with E-state index >= 15 is 4.39 Å². The minimum atomic E-state index is -0.801. The standard InChI is InChI=1S/C33H39FN2O6/c1-32(2)16-25(17-33(3,4)42-32)41-31-30(27-14-23(39-5)11-12-28(27)34)35-18-22(36-31)19-40-24-8-6-7-21(13-24)26(15-29(37)38)20-9-10-20/h6-8,11-14,18,20,25-26H,9-10,15-17,19H2,1-5H3,(H,37,38). The Kier molecular flexibility index (Phi) is 8.42. The van der Waals surface area contributed by atoms with Gasteiger partial charge in [-0.15, -0.1) is 0 Å². The molecule has 1 aromatic heterocycles. The number of hydrogen-bond donors (Lipinski definition) is 1. The van der Waals surface area contributed by atoms with Crippen LogP contribution in [-0.4, -0.2) is 45.5 Å². The molecule has 1 unspecified atom stereocenters. The number of methoxy groups -OCH3 is 1. The van der Waals surface area contributed by atoms with E-state index in [0.29, 0.717) is 36.0 Å². The molecule has 0 bridgehead atoms. The van der Waals surface area contributed by atoms with Crippen LogP contribution in [0.15, 0.2) is 48.7 Å². The first kappa shape index (κ1) is 29.8. The number of nitrogens with zero attached hydrogens (tertiary/aromatic N) is 2. The fourth-order valence-corrected chi connectivity index (χ4v) is 6.03. The van der Waals surface area contributed by atoms with Crippen molar-refractivity contribution in [2.45, 2.75) is 89.6 Å². The van der Waals surface area contributed by atoms with Crippen LogP contribution in [0.2, 0.25) is 0 Å². The molecule has 1 atom stereocenters. The van der Waals surface area contributed by atoms with Gasteiger partial charge in [0.1, 0.15) is 41.4 Å². The van der Waals surface area contributed by atoms with E-state index in [1.165, 1.54) is 13.2 Å². The summed E-state index contributed by atoms with van der Waals surface area (Å²) in [6, 6.07) is 12.1. The average Bonchev–Trinajstić information content (AvgIpc) is 3.75. The van der Waals surface area contributed by atoms with Crippen molar-refractivity contribution in [3.63, 3.8) is 0 Å². The lowest BCUT2D eigenvalue weighted by Gasteiger charge is -2.44. The lowest BCUT2D eigenvalue weighted by atomic mass is 9.87. The van der Waals surface area contributed by atoms with Crippen LogP contribution in [0.1, 0.15) is 77.0 Å². The average molecular weight is 579 g/mol. The van der Waals surface area contributed by atoms with E-state index in [2.05, 4.69) is 4.98 Å². The quantitative estimate of drug-likeness (QED) is 0.261. The highest BCUT2D eigenvalue weighted by Crippen LogP contribution is 2.45. The van der Waals surface area contributed by atoms with Crippen molar-refractivity contribution in [3.8, 4) is 28.6 Å². The number of halogens is 1. The van der Waals surface area contributed by atoms with E-state index in [-0.39, 0.29) is 42.2 Å². The Morgan fingerprint density at radius 3 is 2.50 bits per heavy atom. The van der Waals surface area contributed by atoms with Gasteiger partial charge in [-0.1, -0.05) is 12.1 Å². The molecule has 2 aliphatic rings. The maximum absolute atomic E-state index is 15.0. The number of aromatic nitrogens is 2. The van der Waals surface area contributed by atoms with Gasteiger partial charge < -0.3 is 24.1 Å². The maximum atomic E-state index is 15.0. The van der Waals surface area contributed by atoms with Gasteiger partial charge in [0.05, 0.1) is 30.9 Å². The molecular weight excluding hydrogens is 539 g/mol. The smallest absolute Gasteiger partial charge is 0.303 e. The largest absolute Gasteiger partial charge is 0.497 e. The molecule has 8 nitrogen and oxygen atoms in total. The summed E-state index contributed by atoms with van der Waals surface area (Å²) in [5, 5.41) is 9.40. The second-order valence-electron chi connectivity index (χ2n) is 12.5. The van der Waals surface area contributed by atoms with E-state index in [9.17, 15) is 9.90 Å². The molecule has 1 aliphatic heterocycles. The summed E-state index contributed by atoms with van der Waals surface area (Å²) >= 11 is 0. The number of ether oxygens (including phenoxy) is 4. The fourth-order valence-electron chi connectivity index (χ4n) is 6.03. The maximum Gasteiger partial charge on any atom is 0.303 e. The number of carboxylic acids is 1. The zero-order chi connectivity index (χ0) is 30.1. The van der Waals surface area contributed by atoms with Gasteiger partial charge >= 0.3 is 5.97 Å². The molecule has 9 heteroatoms. The summed E-state index contributed by atoms with van der Waals surface area (Å²) in [7, 11) is 1.52. The summed E-state index contributed by atoms with van der Waals surface area (Å²) in [4.78, 5) is 20.8. The Labute approximate surface area is 246 Å². The van der Waals surface area contributed by atoms with Crippen molar-refractivity contribution >= 4 is 5.97 Å². The molecule has 3 aromatic rings. The van der Waals surface area contributed by atoms with Crippen LogP contribution in [0.3, 0.4) is 0 Å². The topological polar surface area (TPSA) is 100 Å². The monoisotopic (exact) mass is 578 g/mol. The van der Waals surface area contributed by atoms with Crippen LogP contribution in [0, 0.1) is 11.7 Å². The molecule has 1 saturated carbocycles. The Hall–Kier alpha value is -3.72. The SMILES string of the molecule is COc1ccc(F)c(-c2ncc(COc3cccc(C(CC(=O)O)C4CC4)c3)nc2OC2CC(C)(C)OC(C)(C)C2)c1. The highest BCUT2D eigenvalue weighted by atomic mass is 19.1. The first-order valence-electron chi connectivity index (χ1n) is 14.4. The van der Waals surface area contributed by atoms with Gasteiger partial charge in [-0.2, -0.15) is 0 Å². The molecule has 1 N–H and O–H groups in total. The lowest BCUT2D eigenvalue weighted by Crippen LogP contribution is -2.49. The molecule has 2 heterocycles. The summed E-state index contributed by atoms with van der Waals surface area (Å²) < 4.78 is 39.2. The number of benzene rings is 2. The molecule has 42 heavy (non-hydrogen) atoms. The summed E-state index contributed by atoms with van der Waals surface area (Å²) in [5.41, 5.74) is 1.16. The van der Waals surface area contributed by atoms with Crippen LogP contribution in [0.25, 0.3) is 11.3 Å². The molecule has 1 saturated heterocycles. The third kappa shape index (κ3) is 7.37. The molecule has 224 valence electrons. The number of carboxylic acid groups (broad SMARTS) is 1. The minimum Gasteiger partial charge on any atom is -0.497 e. The Morgan fingerprint density at radius 1 is 1.10 bits per heavy atom. The predicted octanol–water partition coefficient (Wildman–Crippen LogP) is 6.95. The third-order valence-corrected chi connectivity index (χ3v) is 7.75. The Morgan fingerprint density at radius 2 is 1.83 bits per heavy atom. The summed E-state index contributed by atoms with van der Waals surface area (Å²) in [5.74, 6) is 0.420. The van der Waals surface area contributed by atoms with Crippen LogP contribution in [0.5, 0.6) is 17.4 Å². The van der Waals surface area contributed by atoms with Crippen molar-refractivity contribution in [2.24, 2.45) is 5.92 Å². The predicted molar refractivity (Wildman–Crippen MR) is 155 cm³/mol. The second-order valence-corrected chi connectivity index (χ2v) is 12.5. The van der Waals surface area contributed by atoms with Gasteiger partial charge in [0.2, 0.25) is 5.88 Å². The van der Waals surface area contributed by atoms with Crippen LogP contribution >= 0.6 is 0 Å². The van der Waals surface area contributed by atoms with E-state index in [4.69, 9.17) is 23.9 Å². The summed E-state index contributed by atoms with van der Waals surface area (Å²) in [6.45, 7) is 8.22. The van der Waals surface area contributed by atoms with Gasteiger partial charge in [0.15, 0.2) is 0 Å². The van der Waals surface area contributed by atoms with Crippen molar-refractivity contribution in [1.82, 2.24) is 9.97 Å². The number of carbonyl (C=O) groups is 1. The van der Waals surface area contributed by atoms with Crippen molar-refractivity contribution in [2.75, 3.05) is 7.11 Å². The second kappa shape index (κ2) is 11.9. The number of hydrogen-bond acceptors (Lipinski definition) is 7. The van der Waals surface area contributed by atoms with Crippen LogP contribution in [-0.2, 0) is 16.1 Å². The van der Waals surface area contributed by atoms with Gasteiger partial charge in [-0.3, -0.25) is 4.79 Å². The number of aliphatic carboxylic acids is 1. The van der Waals surface area contributed by atoms with E-state index in [1.54, 1.807) is 18.3 Å². The van der Waals surface area contributed by atoms with E-state index in [1.807, 2.05) is 52.0 Å². The van der Waals surface area contributed by atoms with Crippen LogP contribution in [0.4, 0.5) is 4.39 Å². The first-order valence-corrected chi connectivity index (χ1v) is 14.4. The molecule has 2 fully saturated rings. The molecule has 0 amide bonds. The van der Waals surface area contributed by atoms with Gasteiger partial charge in [-0.05, 0) is 88.3 Å². The zero-order valence-electron chi connectivity index (χ0n) is 24.9. The fraction of sp³-hybridized carbons (Fsp3) is 0.485. The Balaban J connectivity index is 1.41. The highest BCUT2D eigenvalue weighted by Gasteiger charge is 2.41. The highest BCUT2D eigenvalue weighted by molar-refractivity contribution is 5.68. The number of rotatable bonds is 11. The molecule has 1 aliphatic carbocycles. The van der Waals surface area contributed by atoms with E-state index < -0.39 is 23.0 Å². The lowest BCUT2D eigenvalue weighted by molar-refractivity contribution is -0.182. The minimum absolute atomic E-state index is 0.0316. The first-order chi connectivity index (χ1) is 19.9. The summed E-state index contributed by atoms with van der Waals surface area (Å²) in [6.07, 6.45) is 4.77. The molecule has 2 aromatic carbocycles. The van der Waals surface area contributed by atoms with Crippen molar-refractivity contribution in [1.29, 1.82) is 0 Å².